The molecule has 1 heterocycles. The molecular formula is C10H15N3O. The first kappa shape index (κ1) is 10.7. The standard InChI is InChI=1S/C10H15N3O/c1-10(2,7-11)14-9(12)8-5-3-4-6-13-8/h3-6,12H,7,11H2,1-2H3. The first-order valence-corrected chi connectivity index (χ1v) is 4.44. The third-order valence-corrected chi connectivity index (χ3v) is 1.77. The maximum absolute atomic E-state index is 7.65. The van der Waals surface area contributed by atoms with E-state index in [-0.39, 0.29) is 5.90 Å². The molecule has 0 amide bonds. The van der Waals surface area contributed by atoms with E-state index in [0.29, 0.717) is 12.2 Å². The topological polar surface area (TPSA) is 72.0 Å². The van der Waals surface area contributed by atoms with Gasteiger partial charge in [-0.25, -0.2) is 0 Å². The maximum atomic E-state index is 7.65. The Balaban J connectivity index is 2.69. The molecule has 1 aromatic rings. The Bertz CT molecular complexity index is 308. The maximum Gasteiger partial charge on any atom is 0.232 e. The lowest BCUT2D eigenvalue weighted by Gasteiger charge is -2.24. The molecule has 76 valence electrons. The molecule has 0 fully saturated rings. The number of ether oxygens (including phenoxy) is 1. The molecule has 0 saturated carbocycles. The highest BCUT2D eigenvalue weighted by Crippen LogP contribution is 2.09. The van der Waals surface area contributed by atoms with Crippen molar-refractivity contribution in [3.05, 3.63) is 30.1 Å². The van der Waals surface area contributed by atoms with Gasteiger partial charge in [0.1, 0.15) is 11.3 Å². The Kier molecular flexibility index (Phi) is 3.19. The molecule has 0 spiro atoms. The van der Waals surface area contributed by atoms with E-state index in [0.717, 1.165) is 0 Å². The van der Waals surface area contributed by atoms with Gasteiger partial charge >= 0.3 is 0 Å². The van der Waals surface area contributed by atoms with Crippen molar-refractivity contribution in [2.24, 2.45) is 5.73 Å². The number of nitrogens with zero attached hydrogens (tertiary/aromatic N) is 1. The van der Waals surface area contributed by atoms with Crippen LogP contribution in [0.5, 0.6) is 0 Å². The average Bonchev–Trinajstić information content (AvgIpc) is 2.19. The third-order valence-electron chi connectivity index (χ3n) is 1.77. The predicted molar refractivity (Wildman–Crippen MR) is 55.3 cm³/mol. The van der Waals surface area contributed by atoms with E-state index in [4.69, 9.17) is 15.9 Å². The fraction of sp³-hybridized carbons (Fsp3) is 0.400. The monoisotopic (exact) mass is 193 g/mol. The fourth-order valence-corrected chi connectivity index (χ4v) is 0.867. The second-order valence-electron chi connectivity index (χ2n) is 3.61. The SMILES string of the molecule is CC(C)(CN)OC(=N)c1ccccn1. The van der Waals surface area contributed by atoms with Crippen molar-refractivity contribution in [3.63, 3.8) is 0 Å². The third kappa shape index (κ3) is 2.81. The summed E-state index contributed by atoms with van der Waals surface area (Å²) in [5.74, 6) is 0.0565. The Labute approximate surface area is 83.6 Å². The number of hydrogen-bond donors (Lipinski definition) is 2. The molecule has 4 nitrogen and oxygen atoms in total. The highest BCUT2D eigenvalue weighted by atomic mass is 16.5. The zero-order valence-electron chi connectivity index (χ0n) is 8.45. The van der Waals surface area contributed by atoms with Crippen LogP contribution in [0.2, 0.25) is 0 Å². The van der Waals surface area contributed by atoms with E-state index in [1.54, 1.807) is 18.3 Å². The summed E-state index contributed by atoms with van der Waals surface area (Å²) in [5.41, 5.74) is 5.49. The highest BCUT2D eigenvalue weighted by Gasteiger charge is 2.19. The fourth-order valence-electron chi connectivity index (χ4n) is 0.867. The molecule has 4 heteroatoms. The lowest BCUT2D eigenvalue weighted by atomic mass is 10.1. The van der Waals surface area contributed by atoms with Crippen molar-refractivity contribution in [1.29, 1.82) is 5.41 Å². The van der Waals surface area contributed by atoms with E-state index >= 15 is 0 Å². The summed E-state index contributed by atoms with van der Waals surface area (Å²) in [5, 5.41) is 7.65. The number of nitrogens with two attached hydrogens (primary N) is 1. The second-order valence-corrected chi connectivity index (χ2v) is 3.61. The van der Waals surface area contributed by atoms with E-state index in [9.17, 15) is 0 Å². The van der Waals surface area contributed by atoms with Gasteiger partial charge < -0.3 is 10.5 Å². The van der Waals surface area contributed by atoms with Gasteiger partial charge in [0.15, 0.2) is 0 Å². The Morgan fingerprint density at radius 2 is 2.29 bits per heavy atom. The number of rotatable bonds is 3. The second kappa shape index (κ2) is 4.19. The molecule has 0 saturated heterocycles. The summed E-state index contributed by atoms with van der Waals surface area (Å²) in [6.07, 6.45) is 1.63. The van der Waals surface area contributed by atoms with Gasteiger partial charge in [-0.3, -0.25) is 10.4 Å². The first-order valence-electron chi connectivity index (χ1n) is 4.44. The summed E-state index contributed by atoms with van der Waals surface area (Å²) in [4.78, 5) is 4.01. The van der Waals surface area contributed by atoms with Gasteiger partial charge in [0.05, 0.1) is 0 Å². The molecule has 0 aliphatic rings. The van der Waals surface area contributed by atoms with Gasteiger partial charge in [-0.05, 0) is 26.0 Å². The lowest BCUT2D eigenvalue weighted by Crippen LogP contribution is -2.36. The molecule has 0 radical (unpaired) electrons. The van der Waals surface area contributed by atoms with Crippen molar-refractivity contribution in [3.8, 4) is 0 Å². The van der Waals surface area contributed by atoms with E-state index in [1.807, 2.05) is 19.9 Å². The highest BCUT2D eigenvalue weighted by molar-refractivity contribution is 5.89. The van der Waals surface area contributed by atoms with Crippen LogP contribution in [0.1, 0.15) is 19.5 Å². The summed E-state index contributed by atoms with van der Waals surface area (Å²) in [7, 11) is 0. The Morgan fingerprint density at radius 1 is 1.57 bits per heavy atom. The van der Waals surface area contributed by atoms with Crippen LogP contribution in [0.15, 0.2) is 24.4 Å². The normalized spacial score (nSPS) is 11.1. The van der Waals surface area contributed by atoms with Gasteiger partial charge in [-0.2, -0.15) is 0 Å². The van der Waals surface area contributed by atoms with Gasteiger partial charge in [0.25, 0.3) is 0 Å². The predicted octanol–water partition coefficient (Wildman–Crippen LogP) is 1.16. The Hall–Kier alpha value is -1.42. The quantitative estimate of drug-likeness (QED) is 0.559. The number of pyridine rings is 1. The zero-order valence-corrected chi connectivity index (χ0v) is 8.45. The molecule has 0 aliphatic carbocycles. The van der Waals surface area contributed by atoms with Crippen LogP contribution in [-0.2, 0) is 4.74 Å². The van der Waals surface area contributed by atoms with Crippen molar-refractivity contribution in [1.82, 2.24) is 4.98 Å². The number of hydrogen-bond acceptors (Lipinski definition) is 4. The lowest BCUT2D eigenvalue weighted by molar-refractivity contribution is 0.104. The average molecular weight is 193 g/mol. The molecule has 0 bridgehead atoms. The smallest absolute Gasteiger partial charge is 0.232 e. The van der Waals surface area contributed by atoms with Crippen LogP contribution in [-0.4, -0.2) is 23.0 Å². The molecular weight excluding hydrogens is 178 g/mol. The first-order chi connectivity index (χ1) is 6.55. The molecule has 0 aromatic carbocycles. The van der Waals surface area contributed by atoms with Crippen LogP contribution in [0.25, 0.3) is 0 Å². The van der Waals surface area contributed by atoms with Gasteiger partial charge in [-0.1, -0.05) is 6.07 Å². The molecule has 1 aromatic heterocycles. The minimum Gasteiger partial charge on any atom is -0.469 e. The van der Waals surface area contributed by atoms with E-state index in [1.165, 1.54) is 0 Å². The van der Waals surface area contributed by atoms with E-state index < -0.39 is 5.60 Å². The van der Waals surface area contributed by atoms with Crippen LogP contribution in [0.4, 0.5) is 0 Å². The summed E-state index contributed by atoms with van der Waals surface area (Å²) >= 11 is 0. The molecule has 14 heavy (non-hydrogen) atoms. The summed E-state index contributed by atoms with van der Waals surface area (Å²) < 4.78 is 5.37. The van der Waals surface area contributed by atoms with Crippen molar-refractivity contribution < 1.29 is 4.74 Å². The summed E-state index contributed by atoms with van der Waals surface area (Å²) in [6, 6.07) is 5.34. The van der Waals surface area contributed by atoms with Gasteiger partial charge in [-0.15, -0.1) is 0 Å². The van der Waals surface area contributed by atoms with Crippen molar-refractivity contribution in [2.75, 3.05) is 6.54 Å². The van der Waals surface area contributed by atoms with Crippen LogP contribution in [0, 0.1) is 5.41 Å². The molecule has 0 aliphatic heterocycles. The summed E-state index contributed by atoms with van der Waals surface area (Å²) in [6.45, 7) is 4.04. The van der Waals surface area contributed by atoms with Crippen LogP contribution in [0.3, 0.4) is 0 Å². The van der Waals surface area contributed by atoms with Gasteiger partial charge in [0.2, 0.25) is 5.90 Å². The van der Waals surface area contributed by atoms with Gasteiger partial charge in [0, 0.05) is 12.7 Å². The van der Waals surface area contributed by atoms with Crippen molar-refractivity contribution in [2.45, 2.75) is 19.4 Å². The van der Waals surface area contributed by atoms with Crippen LogP contribution < -0.4 is 5.73 Å². The number of nitrogens with one attached hydrogen (secondary N) is 1. The zero-order chi connectivity index (χ0) is 10.6. The minimum atomic E-state index is -0.519. The molecule has 0 atom stereocenters. The van der Waals surface area contributed by atoms with E-state index in [2.05, 4.69) is 4.98 Å². The largest absolute Gasteiger partial charge is 0.469 e. The molecule has 0 unspecified atom stereocenters. The minimum absolute atomic E-state index is 0.0565. The number of aromatic nitrogens is 1. The van der Waals surface area contributed by atoms with Crippen LogP contribution >= 0.6 is 0 Å². The van der Waals surface area contributed by atoms with Crippen molar-refractivity contribution >= 4 is 5.90 Å². The molecule has 1 rings (SSSR count). The Morgan fingerprint density at radius 3 is 2.79 bits per heavy atom. The molecule has 3 N–H and O–H groups in total.